The molecule has 0 bridgehead atoms. The SMILES string of the molecule is O[C@H](CF)CN1CCOc2c(-c3cccc(OC(F)(F)F)c3)cccc21. The molecular weight excluding hydrogens is 354 g/mol. The summed E-state index contributed by atoms with van der Waals surface area (Å²) >= 11 is 0. The second-order valence-corrected chi connectivity index (χ2v) is 5.83. The minimum Gasteiger partial charge on any atom is -0.489 e. The molecule has 0 aromatic heterocycles. The number of anilines is 1. The zero-order valence-corrected chi connectivity index (χ0v) is 13.7. The van der Waals surface area contributed by atoms with Crippen LogP contribution in [-0.2, 0) is 0 Å². The van der Waals surface area contributed by atoms with E-state index in [1.807, 2.05) is 0 Å². The number of rotatable bonds is 5. The zero-order chi connectivity index (χ0) is 18.7. The molecule has 0 unspecified atom stereocenters. The summed E-state index contributed by atoms with van der Waals surface area (Å²) in [6.07, 6.45) is -5.89. The summed E-state index contributed by atoms with van der Waals surface area (Å²) in [4.78, 5) is 1.79. The normalized spacial score (nSPS) is 15.2. The smallest absolute Gasteiger partial charge is 0.489 e. The van der Waals surface area contributed by atoms with Gasteiger partial charge in [0.2, 0.25) is 0 Å². The molecular formula is C18H17F4NO3. The fourth-order valence-electron chi connectivity index (χ4n) is 2.88. The van der Waals surface area contributed by atoms with Gasteiger partial charge in [-0.2, -0.15) is 0 Å². The van der Waals surface area contributed by atoms with Gasteiger partial charge in [0.05, 0.1) is 18.3 Å². The first-order valence-electron chi connectivity index (χ1n) is 7.98. The summed E-state index contributed by atoms with van der Waals surface area (Å²) in [6.45, 7) is 0.0449. The van der Waals surface area contributed by atoms with Crippen molar-refractivity contribution in [2.45, 2.75) is 12.5 Å². The van der Waals surface area contributed by atoms with E-state index in [9.17, 15) is 22.7 Å². The molecule has 0 saturated carbocycles. The maximum absolute atomic E-state index is 12.6. The number of para-hydroxylation sites is 1. The van der Waals surface area contributed by atoms with Crippen LogP contribution in [0, 0.1) is 0 Å². The van der Waals surface area contributed by atoms with E-state index in [4.69, 9.17) is 4.74 Å². The Morgan fingerprint density at radius 2 is 1.96 bits per heavy atom. The molecule has 0 spiro atoms. The van der Waals surface area contributed by atoms with Gasteiger partial charge in [-0.05, 0) is 23.8 Å². The highest BCUT2D eigenvalue weighted by Crippen LogP contribution is 2.41. The number of alkyl halides is 4. The lowest BCUT2D eigenvalue weighted by Gasteiger charge is -2.33. The van der Waals surface area contributed by atoms with Crippen molar-refractivity contribution < 1.29 is 32.1 Å². The van der Waals surface area contributed by atoms with Gasteiger partial charge in [0.1, 0.15) is 19.0 Å². The summed E-state index contributed by atoms with van der Waals surface area (Å²) in [7, 11) is 0. The molecule has 0 saturated heterocycles. The van der Waals surface area contributed by atoms with Crippen molar-refractivity contribution >= 4 is 5.69 Å². The van der Waals surface area contributed by atoms with Gasteiger partial charge >= 0.3 is 6.36 Å². The molecule has 0 amide bonds. The highest BCUT2D eigenvalue weighted by Gasteiger charge is 2.31. The van der Waals surface area contributed by atoms with E-state index >= 15 is 0 Å². The van der Waals surface area contributed by atoms with Gasteiger partial charge in [-0.15, -0.1) is 13.2 Å². The van der Waals surface area contributed by atoms with Gasteiger partial charge in [0.25, 0.3) is 0 Å². The molecule has 2 aromatic carbocycles. The molecule has 2 aromatic rings. The van der Waals surface area contributed by atoms with Crippen molar-refractivity contribution in [3.63, 3.8) is 0 Å². The Kier molecular flexibility index (Phi) is 5.22. The molecule has 3 rings (SSSR count). The quantitative estimate of drug-likeness (QED) is 0.813. The molecule has 0 radical (unpaired) electrons. The molecule has 140 valence electrons. The number of nitrogens with zero attached hydrogens (tertiary/aromatic N) is 1. The standard InChI is InChI=1S/C18H17F4NO3/c19-10-13(24)11-23-7-8-25-17-15(5-2-6-16(17)23)12-3-1-4-14(9-12)26-18(20,21)22/h1-6,9,13,24H,7-8,10-11H2/t13-/m1/s1. The average Bonchev–Trinajstić information content (AvgIpc) is 2.60. The predicted octanol–water partition coefficient (Wildman–Crippen LogP) is 3.78. The third-order valence-corrected chi connectivity index (χ3v) is 3.93. The Morgan fingerprint density at radius 1 is 1.19 bits per heavy atom. The highest BCUT2D eigenvalue weighted by atomic mass is 19.4. The fourth-order valence-corrected chi connectivity index (χ4v) is 2.88. The van der Waals surface area contributed by atoms with Gasteiger partial charge in [0, 0.05) is 12.1 Å². The lowest BCUT2D eigenvalue weighted by molar-refractivity contribution is -0.274. The summed E-state index contributed by atoms with van der Waals surface area (Å²) in [5, 5.41) is 9.59. The van der Waals surface area contributed by atoms with Gasteiger partial charge in [-0.1, -0.05) is 24.3 Å². The van der Waals surface area contributed by atoms with Crippen LogP contribution in [0.5, 0.6) is 11.5 Å². The number of fused-ring (bicyclic) bond motifs is 1. The molecule has 1 aliphatic rings. The third kappa shape index (κ3) is 4.19. The van der Waals surface area contributed by atoms with Gasteiger partial charge in [0.15, 0.2) is 5.75 Å². The van der Waals surface area contributed by atoms with Crippen molar-refractivity contribution in [3.05, 3.63) is 42.5 Å². The van der Waals surface area contributed by atoms with Crippen LogP contribution < -0.4 is 14.4 Å². The van der Waals surface area contributed by atoms with Crippen LogP contribution in [0.25, 0.3) is 11.1 Å². The lowest BCUT2D eigenvalue weighted by atomic mass is 10.0. The van der Waals surface area contributed by atoms with Gasteiger partial charge in [-0.3, -0.25) is 0 Å². The summed E-state index contributed by atoms with van der Waals surface area (Å²) in [5.41, 5.74) is 1.74. The van der Waals surface area contributed by atoms with E-state index in [1.165, 1.54) is 18.2 Å². The Balaban J connectivity index is 1.95. The maximum atomic E-state index is 12.6. The van der Waals surface area contributed by atoms with Crippen molar-refractivity contribution in [3.8, 4) is 22.6 Å². The van der Waals surface area contributed by atoms with Gasteiger partial charge < -0.3 is 19.5 Å². The molecule has 1 N–H and O–H groups in total. The van der Waals surface area contributed by atoms with Crippen molar-refractivity contribution in [2.24, 2.45) is 0 Å². The number of benzene rings is 2. The number of aliphatic hydroxyl groups excluding tert-OH is 1. The molecule has 0 fully saturated rings. The van der Waals surface area contributed by atoms with Crippen LogP contribution >= 0.6 is 0 Å². The number of halogens is 4. The zero-order valence-electron chi connectivity index (χ0n) is 13.7. The van der Waals surface area contributed by atoms with Crippen LogP contribution in [0.1, 0.15) is 0 Å². The largest absolute Gasteiger partial charge is 0.573 e. The highest BCUT2D eigenvalue weighted by molar-refractivity contribution is 5.80. The molecule has 0 aliphatic carbocycles. The maximum Gasteiger partial charge on any atom is 0.573 e. The lowest BCUT2D eigenvalue weighted by Crippen LogP contribution is -2.39. The Morgan fingerprint density at radius 3 is 2.69 bits per heavy atom. The number of aliphatic hydroxyl groups is 1. The minimum absolute atomic E-state index is 0.105. The van der Waals surface area contributed by atoms with Crippen molar-refractivity contribution in [1.82, 2.24) is 0 Å². The van der Waals surface area contributed by atoms with Crippen molar-refractivity contribution in [1.29, 1.82) is 0 Å². The van der Waals surface area contributed by atoms with Crippen LogP contribution in [0.3, 0.4) is 0 Å². The molecule has 8 heteroatoms. The number of β-amino-alcohol motifs (C(OH)–C–C–N with tert-alkyl or cyclic N) is 1. The first-order chi connectivity index (χ1) is 12.4. The number of hydrogen-bond donors (Lipinski definition) is 1. The Labute approximate surface area is 147 Å². The molecule has 1 aliphatic heterocycles. The Hall–Kier alpha value is -2.48. The van der Waals surface area contributed by atoms with E-state index in [0.717, 1.165) is 0 Å². The van der Waals surface area contributed by atoms with Gasteiger partial charge in [-0.25, -0.2) is 4.39 Å². The van der Waals surface area contributed by atoms with E-state index < -0.39 is 19.1 Å². The first-order valence-corrected chi connectivity index (χ1v) is 7.98. The van der Waals surface area contributed by atoms with E-state index in [0.29, 0.717) is 35.7 Å². The van der Waals surface area contributed by atoms with E-state index in [2.05, 4.69) is 4.74 Å². The summed E-state index contributed by atoms with van der Waals surface area (Å²) in [5.74, 6) is 0.155. The number of ether oxygens (including phenoxy) is 2. The minimum atomic E-state index is -4.77. The van der Waals surface area contributed by atoms with Crippen LogP contribution in [-0.4, -0.2) is 43.9 Å². The molecule has 4 nitrogen and oxygen atoms in total. The molecule has 1 atom stereocenters. The summed E-state index contributed by atoms with van der Waals surface area (Å²) < 4.78 is 59.7. The second-order valence-electron chi connectivity index (χ2n) is 5.83. The Bertz CT molecular complexity index is 766. The second kappa shape index (κ2) is 7.41. The number of hydrogen-bond acceptors (Lipinski definition) is 4. The monoisotopic (exact) mass is 371 g/mol. The van der Waals surface area contributed by atoms with Crippen molar-refractivity contribution in [2.75, 3.05) is 31.3 Å². The van der Waals surface area contributed by atoms with Crippen LogP contribution in [0.15, 0.2) is 42.5 Å². The van der Waals surface area contributed by atoms with Crippen LogP contribution in [0.2, 0.25) is 0 Å². The van der Waals surface area contributed by atoms with E-state index in [-0.39, 0.29) is 12.3 Å². The predicted molar refractivity (Wildman–Crippen MR) is 88.3 cm³/mol. The topological polar surface area (TPSA) is 41.9 Å². The van der Waals surface area contributed by atoms with Crippen LogP contribution in [0.4, 0.5) is 23.2 Å². The first kappa shape index (κ1) is 18.3. The fraction of sp³-hybridized carbons (Fsp3) is 0.333. The molecule has 1 heterocycles. The average molecular weight is 371 g/mol. The summed E-state index contributed by atoms with van der Waals surface area (Å²) in [6, 6.07) is 10.8. The molecule has 26 heavy (non-hydrogen) atoms. The van der Waals surface area contributed by atoms with E-state index in [1.54, 1.807) is 29.2 Å². The third-order valence-electron chi connectivity index (χ3n) is 3.93.